The number of hydrogen-bond acceptors (Lipinski definition) is 4. The highest BCUT2D eigenvalue weighted by Gasteiger charge is 1.97. The van der Waals surface area contributed by atoms with E-state index < -0.39 is 0 Å². The summed E-state index contributed by atoms with van der Waals surface area (Å²) >= 11 is 1.10. The number of rotatable bonds is 0. The first-order chi connectivity index (χ1) is 2.89. The summed E-state index contributed by atoms with van der Waals surface area (Å²) in [6.45, 7) is 0. The van der Waals surface area contributed by atoms with Gasteiger partial charge < -0.3 is 4.18 Å². The van der Waals surface area contributed by atoms with E-state index in [2.05, 4.69) is 4.18 Å². The number of hydrazine groups is 1. The molecule has 0 unspecified atom stereocenters. The molecular weight excluding hydrogens is 100 g/mol. The highest BCUT2D eigenvalue weighted by molar-refractivity contribution is 7.92. The van der Waals surface area contributed by atoms with Gasteiger partial charge in [0, 0.05) is 0 Å². The summed E-state index contributed by atoms with van der Waals surface area (Å²) in [7, 11) is 0. The summed E-state index contributed by atoms with van der Waals surface area (Å²) < 4.78 is 5.97. The molecule has 6 heavy (non-hydrogen) atoms. The Balaban J connectivity index is 2.38. The third-order valence-corrected chi connectivity index (χ3v) is 0.883. The van der Waals surface area contributed by atoms with Gasteiger partial charge in [-0.05, 0) is 0 Å². The van der Waals surface area contributed by atoms with Crippen LogP contribution in [-0.2, 0) is 4.18 Å². The van der Waals surface area contributed by atoms with Crippen molar-refractivity contribution in [1.29, 1.82) is 0 Å². The molecule has 0 spiro atoms. The molecule has 1 aliphatic heterocycles. The maximum atomic E-state index is 5.12. The highest BCUT2D eigenvalue weighted by atomic mass is 32.2. The van der Waals surface area contributed by atoms with Crippen molar-refractivity contribution < 1.29 is 4.18 Å². The molecule has 0 bridgehead atoms. The van der Waals surface area contributed by atoms with Gasteiger partial charge in [0.2, 0.25) is 0 Å². The van der Waals surface area contributed by atoms with Gasteiger partial charge in [-0.25, -0.2) is 10.3 Å². The molecule has 0 aromatic carbocycles. The molecule has 0 aromatic rings. The lowest BCUT2D eigenvalue weighted by Crippen LogP contribution is -2.12. The van der Waals surface area contributed by atoms with Gasteiger partial charge in [0.25, 0.3) is 0 Å². The Morgan fingerprint density at radius 1 is 1.83 bits per heavy atom. The lowest BCUT2D eigenvalue weighted by molar-refractivity contribution is 0.566. The van der Waals surface area contributed by atoms with Gasteiger partial charge in [-0.3, -0.25) is 0 Å². The summed E-state index contributed by atoms with van der Waals surface area (Å²) in [5.41, 5.74) is 0. The van der Waals surface area contributed by atoms with Gasteiger partial charge in [0.1, 0.15) is 6.26 Å². The van der Waals surface area contributed by atoms with Crippen LogP contribution >= 0.6 is 12.2 Å². The van der Waals surface area contributed by atoms with Crippen molar-refractivity contribution in [1.82, 2.24) is 4.41 Å². The van der Waals surface area contributed by atoms with Gasteiger partial charge in [0.15, 0.2) is 12.2 Å². The minimum atomic E-state index is 1.10. The summed E-state index contributed by atoms with van der Waals surface area (Å²) in [6, 6.07) is 0. The molecule has 0 radical (unpaired) electrons. The molecule has 3 nitrogen and oxygen atoms in total. The van der Waals surface area contributed by atoms with Gasteiger partial charge >= 0.3 is 0 Å². The van der Waals surface area contributed by atoms with Crippen molar-refractivity contribution in [3.8, 4) is 0 Å². The minimum Gasteiger partial charge on any atom is -0.411 e. The van der Waals surface area contributed by atoms with Crippen LogP contribution in [-0.4, -0.2) is 4.41 Å². The van der Waals surface area contributed by atoms with Crippen molar-refractivity contribution in [3.05, 3.63) is 12.5 Å². The van der Waals surface area contributed by atoms with Gasteiger partial charge in [0.05, 0.1) is 6.20 Å². The van der Waals surface area contributed by atoms with Crippen LogP contribution in [0.3, 0.4) is 0 Å². The largest absolute Gasteiger partial charge is 0.411 e. The van der Waals surface area contributed by atoms with Crippen molar-refractivity contribution in [3.63, 3.8) is 0 Å². The summed E-state index contributed by atoms with van der Waals surface area (Å²) in [5, 5.41) is 0. The average Bonchev–Trinajstić information content (AvgIpc) is 1.86. The number of hydrogen-bond donors (Lipinski definition) is 1. The lowest BCUT2D eigenvalue weighted by Gasteiger charge is -1.96. The summed E-state index contributed by atoms with van der Waals surface area (Å²) in [4.78, 5) is 0. The number of nitrogens with zero attached hydrogens (tertiary/aromatic N) is 1. The molecular formula is C2H4N2OS. The smallest absolute Gasteiger partial charge is 0.194 e. The van der Waals surface area contributed by atoms with Crippen LogP contribution in [0, 0.1) is 0 Å². The Morgan fingerprint density at radius 3 is 2.83 bits per heavy atom. The Bertz CT molecular complexity index is 73.9. The maximum absolute atomic E-state index is 5.12. The predicted octanol–water partition coefficient (Wildman–Crippen LogP) is 0.227. The Labute approximate surface area is 40.1 Å². The van der Waals surface area contributed by atoms with E-state index in [-0.39, 0.29) is 0 Å². The monoisotopic (exact) mass is 104 g/mol. The van der Waals surface area contributed by atoms with Crippen LogP contribution in [0.1, 0.15) is 0 Å². The predicted molar refractivity (Wildman–Crippen MR) is 23.8 cm³/mol. The molecule has 0 atom stereocenters. The van der Waals surface area contributed by atoms with Crippen molar-refractivity contribution in [2.24, 2.45) is 5.84 Å². The lowest BCUT2D eigenvalue weighted by atomic mass is 11.0. The molecule has 1 rings (SSSR count). The van der Waals surface area contributed by atoms with E-state index in [1.165, 1.54) is 10.7 Å². The van der Waals surface area contributed by atoms with E-state index in [4.69, 9.17) is 5.84 Å². The summed E-state index contributed by atoms with van der Waals surface area (Å²) in [5.74, 6) is 5.12. The second-order valence-corrected chi connectivity index (χ2v) is 1.58. The van der Waals surface area contributed by atoms with E-state index in [9.17, 15) is 0 Å². The molecule has 2 N–H and O–H groups in total. The third-order valence-electron chi connectivity index (χ3n) is 0.392. The highest BCUT2D eigenvalue weighted by Crippen LogP contribution is 2.12. The van der Waals surface area contributed by atoms with E-state index in [1.54, 1.807) is 6.20 Å². The van der Waals surface area contributed by atoms with Crippen molar-refractivity contribution in [2.75, 3.05) is 0 Å². The first-order valence-corrected chi connectivity index (χ1v) is 2.13. The van der Waals surface area contributed by atoms with Crippen LogP contribution in [0.5, 0.6) is 0 Å². The van der Waals surface area contributed by atoms with Gasteiger partial charge in [-0.15, -0.1) is 0 Å². The quantitative estimate of drug-likeness (QED) is 0.271. The molecule has 4 heteroatoms. The van der Waals surface area contributed by atoms with E-state index in [1.807, 2.05) is 0 Å². The topological polar surface area (TPSA) is 38.5 Å². The van der Waals surface area contributed by atoms with Crippen LogP contribution in [0.4, 0.5) is 0 Å². The van der Waals surface area contributed by atoms with E-state index in [0.29, 0.717) is 0 Å². The molecule has 1 heterocycles. The molecule has 1 aliphatic rings. The zero-order valence-corrected chi connectivity index (χ0v) is 3.81. The molecule has 0 aromatic heterocycles. The Kier molecular flexibility index (Phi) is 0.894. The zero-order chi connectivity index (χ0) is 4.41. The second kappa shape index (κ2) is 1.40. The van der Waals surface area contributed by atoms with Crippen LogP contribution in [0.15, 0.2) is 12.5 Å². The molecule has 34 valence electrons. The second-order valence-electron chi connectivity index (χ2n) is 0.816. The normalized spacial score (nSPS) is 18.5. The van der Waals surface area contributed by atoms with Gasteiger partial charge in [-0.1, -0.05) is 0 Å². The molecule has 0 aliphatic carbocycles. The fourth-order valence-corrected chi connectivity index (χ4v) is 0.482. The standard InChI is InChI=1S/C2H4N2OS/c3-4-1-2-5-6-4/h1-2H,3H2. The van der Waals surface area contributed by atoms with Gasteiger partial charge in [-0.2, -0.15) is 0 Å². The van der Waals surface area contributed by atoms with E-state index >= 15 is 0 Å². The van der Waals surface area contributed by atoms with Crippen LogP contribution < -0.4 is 5.84 Å². The Hall–Kier alpha value is -0.350. The third kappa shape index (κ3) is 0.580. The first-order valence-electron chi connectivity index (χ1n) is 1.43. The maximum Gasteiger partial charge on any atom is 0.194 e. The SMILES string of the molecule is NN1C=COS1. The summed E-state index contributed by atoms with van der Waals surface area (Å²) in [6.07, 6.45) is 3.15. The number of nitrogens with two attached hydrogens (primary N) is 1. The molecule has 0 saturated heterocycles. The van der Waals surface area contributed by atoms with Crippen molar-refractivity contribution in [2.45, 2.75) is 0 Å². The zero-order valence-electron chi connectivity index (χ0n) is 3.00. The first kappa shape index (κ1) is 3.83. The minimum absolute atomic E-state index is 1.10. The Morgan fingerprint density at radius 2 is 2.67 bits per heavy atom. The average molecular weight is 104 g/mol. The molecule has 0 fully saturated rings. The molecule has 0 saturated carbocycles. The fourth-order valence-electron chi connectivity index (χ4n) is 0.184. The van der Waals surface area contributed by atoms with Crippen LogP contribution in [0.25, 0.3) is 0 Å². The van der Waals surface area contributed by atoms with Crippen molar-refractivity contribution >= 4 is 12.2 Å². The van der Waals surface area contributed by atoms with E-state index in [0.717, 1.165) is 12.2 Å². The van der Waals surface area contributed by atoms with Crippen LogP contribution in [0.2, 0.25) is 0 Å². The molecule has 0 amide bonds. The fraction of sp³-hybridized carbons (Fsp3) is 0.